The van der Waals surface area contributed by atoms with Gasteiger partial charge in [0.1, 0.15) is 0 Å². The monoisotopic (exact) mass is 288 g/mol. The molecule has 1 atom stereocenters. The number of halogens is 1. The van der Waals surface area contributed by atoms with Crippen molar-refractivity contribution in [1.29, 1.82) is 0 Å². The second-order valence-electron chi connectivity index (χ2n) is 4.16. The first-order valence-electron chi connectivity index (χ1n) is 5.65. The first-order valence-corrected chi connectivity index (χ1v) is 7.09. The largest absolute Gasteiger partial charge is 0.469 e. The number of carbonyl (C=O) groups excluding carboxylic acids is 1. The van der Waals surface area contributed by atoms with E-state index in [-0.39, 0.29) is 13.1 Å². The summed E-state index contributed by atoms with van der Waals surface area (Å²) in [6.07, 6.45) is 1.57. The van der Waals surface area contributed by atoms with Gasteiger partial charge in [-0.25, -0.2) is 17.8 Å². The minimum Gasteiger partial charge on any atom is -0.469 e. The summed E-state index contributed by atoms with van der Waals surface area (Å²) >= 11 is 0. The standard InChI is InChI=1S/C11H13FN2O4S/c1-18-11(15)8-4-6-14(7-8)19(16,17)10-9(12)3-2-5-13-10/h2-3,5,8H,4,6-7H2,1H3. The molecule has 6 nitrogen and oxygen atoms in total. The number of hydrogen-bond acceptors (Lipinski definition) is 5. The van der Waals surface area contributed by atoms with Crippen LogP contribution in [0.1, 0.15) is 6.42 Å². The third kappa shape index (κ3) is 2.59. The van der Waals surface area contributed by atoms with Crippen LogP contribution in [0, 0.1) is 11.7 Å². The van der Waals surface area contributed by atoms with Gasteiger partial charge in [0.05, 0.1) is 13.0 Å². The summed E-state index contributed by atoms with van der Waals surface area (Å²) in [6, 6.07) is 2.35. The Hall–Kier alpha value is -1.54. The van der Waals surface area contributed by atoms with Crippen molar-refractivity contribution in [3.8, 4) is 0 Å². The van der Waals surface area contributed by atoms with E-state index in [0.29, 0.717) is 6.42 Å². The highest BCUT2D eigenvalue weighted by Gasteiger charge is 2.38. The number of pyridine rings is 1. The van der Waals surface area contributed by atoms with Crippen LogP contribution in [-0.2, 0) is 19.6 Å². The van der Waals surface area contributed by atoms with Crippen LogP contribution in [0.3, 0.4) is 0 Å². The normalized spacial score (nSPS) is 20.4. The van der Waals surface area contributed by atoms with Crippen molar-refractivity contribution >= 4 is 16.0 Å². The van der Waals surface area contributed by atoms with Crippen molar-refractivity contribution in [2.24, 2.45) is 5.92 Å². The molecule has 0 amide bonds. The van der Waals surface area contributed by atoms with Crippen LogP contribution in [-0.4, -0.2) is 43.9 Å². The van der Waals surface area contributed by atoms with Gasteiger partial charge in [0.25, 0.3) is 10.0 Å². The Balaban J connectivity index is 2.24. The zero-order valence-electron chi connectivity index (χ0n) is 10.2. The van der Waals surface area contributed by atoms with E-state index < -0.39 is 32.8 Å². The van der Waals surface area contributed by atoms with E-state index in [0.717, 1.165) is 10.4 Å². The van der Waals surface area contributed by atoms with Crippen LogP contribution in [0.5, 0.6) is 0 Å². The second kappa shape index (κ2) is 5.22. The minimum absolute atomic E-state index is 0.00891. The van der Waals surface area contributed by atoms with Gasteiger partial charge in [-0.3, -0.25) is 4.79 Å². The van der Waals surface area contributed by atoms with E-state index in [1.54, 1.807) is 0 Å². The smallest absolute Gasteiger partial charge is 0.310 e. The number of esters is 1. The molecule has 104 valence electrons. The third-order valence-corrected chi connectivity index (χ3v) is 4.80. The average molecular weight is 288 g/mol. The second-order valence-corrected chi connectivity index (χ2v) is 6.02. The predicted molar refractivity (Wildman–Crippen MR) is 63.1 cm³/mol. The fraction of sp³-hybridized carbons (Fsp3) is 0.455. The number of carbonyl (C=O) groups is 1. The Morgan fingerprint density at radius 2 is 2.32 bits per heavy atom. The SMILES string of the molecule is COC(=O)C1CCN(S(=O)(=O)c2ncccc2F)C1. The van der Waals surface area contributed by atoms with E-state index >= 15 is 0 Å². The molecule has 0 saturated carbocycles. The van der Waals surface area contributed by atoms with Crippen molar-refractivity contribution in [2.45, 2.75) is 11.4 Å². The molecule has 0 N–H and O–H groups in total. The maximum atomic E-state index is 13.5. The molecule has 1 fully saturated rings. The van der Waals surface area contributed by atoms with Crippen molar-refractivity contribution in [3.05, 3.63) is 24.1 Å². The van der Waals surface area contributed by atoms with Crippen LogP contribution in [0.2, 0.25) is 0 Å². The molecule has 1 saturated heterocycles. The minimum atomic E-state index is -4.00. The topological polar surface area (TPSA) is 76.6 Å². The third-order valence-electron chi connectivity index (χ3n) is 2.99. The molecular formula is C11H13FN2O4S. The van der Waals surface area contributed by atoms with Crippen LogP contribution in [0.15, 0.2) is 23.4 Å². The summed E-state index contributed by atoms with van der Waals surface area (Å²) in [5.74, 6) is -1.87. The number of nitrogens with zero attached hydrogens (tertiary/aromatic N) is 2. The highest BCUT2D eigenvalue weighted by Crippen LogP contribution is 2.25. The molecule has 2 heterocycles. The van der Waals surface area contributed by atoms with E-state index in [4.69, 9.17) is 0 Å². The maximum Gasteiger partial charge on any atom is 0.310 e. The van der Waals surface area contributed by atoms with Gasteiger partial charge in [0, 0.05) is 19.3 Å². The van der Waals surface area contributed by atoms with Gasteiger partial charge in [-0.15, -0.1) is 0 Å². The number of sulfonamides is 1. The van der Waals surface area contributed by atoms with E-state index in [2.05, 4.69) is 9.72 Å². The summed E-state index contributed by atoms with van der Waals surface area (Å²) in [5.41, 5.74) is 0. The number of ether oxygens (including phenoxy) is 1. The molecule has 1 aromatic heterocycles. The molecule has 19 heavy (non-hydrogen) atoms. The highest BCUT2D eigenvalue weighted by atomic mass is 32.2. The molecule has 1 aliphatic heterocycles. The van der Waals surface area contributed by atoms with Gasteiger partial charge in [-0.1, -0.05) is 0 Å². The quantitative estimate of drug-likeness (QED) is 0.753. The Labute approximate surface area is 110 Å². The molecule has 0 radical (unpaired) electrons. The lowest BCUT2D eigenvalue weighted by Crippen LogP contribution is -2.31. The van der Waals surface area contributed by atoms with Gasteiger partial charge in [-0.2, -0.15) is 4.31 Å². The van der Waals surface area contributed by atoms with E-state index in [1.807, 2.05) is 0 Å². The summed E-state index contributed by atoms with van der Waals surface area (Å²) in [7, 11) is -2.76. The lowest BCUT2D eigenvalue weighted by atomic mass is 10.1. The molecule has 2 rings (SSSR count). The van der Waals surface area contributed by atoms with Crippen LogP contribution < -0.4 is 0 Å². The first-order chi connectivity index (χ1) is 8.96. The van der Waals surface area contributed by atoms with Crippen molar-refractivity contribution in [2.75, 3.05) is 20.2 Å². The number of aromatic nitrogens is 1. The van der Waals surface area contributed by atoms with Gasteiger partial charge in [-0.05, 0) is 18.6 Å². The van der Waals surface area contributed by atoms with Gasteiger partial charge < -0.3 is 4.74 Å². The Kier molecular flexibility index (Phi) is 3.81. The zero-order valence-corrected chi connectivity index (χ0v) is 11.1. The summed E-state index contributed by atoms with van der Waals surface area (Å²) < 4.78 is 43.5. The first kappa shape index (κ1) is 13.9. The lowest BCUT2D eigenvalue weighted by Gasteiger charge is -2.15. The molecule has 0 aliphatic carbocycles. The van der Waals surface area contributed by atoms with Crippen molar-refractivity contribution in [1.82, 2.24) is 9.29 Å². The van der Waals surface area contributed by atoms with Crippen LogP contribution in [0.4, 0.5) is 4.39 Å². The molecule has 1 aromatic rings. The molecule has 0 spiro atoms. The van der Waals surface area contributed by atoms with Crippen LogP contribution in [0.25, 0.3) is 0 Å². The predicted octanol–water partition coefficient (Wildman–Crippen LogP) is 0.404. The number of rotatable bonds is 3. The average Bonchev–Trinajstić information content (AvgIpc) is 2.88. The zero-order chi connectivity index (χ0) is 14.0. The summed E-state index contributed by atoms with van der Waals surface area (Å²) in [4.78, 5) is 14.9. The van der Waals surface area contributed by atoms with Crippen molar-refractivity contribution < 1.29 is 22.3 Å². The molecule has 8 heteroatoms. The summed E-state index contributed by atoms with van der Waals surface area (Å²) in [6.45, 7) is 0.142. The van der Waals surface area contributed by atoms with E-state index in [9.17, 15) is 17.6 Å². The number of methoxy groups -OCH3 is 1. The molecule has 0 aromatic carbocycles. The Bertz CT molecular complexity index is 590. The Morgan fingerprint density at radius 1 is 1.58 bits per heavy atom. The summed E-state index contributed by atoms with van der Waals surface area (Å²) in [5, 5.41) is -0.611. The molecular weight excluding hydrogens is 275 g/mol. The number of hydrogen-bond donors (Lipinski definition) is 0. The molecule has 1 aliphatic rings. The Morgan fingerprint density at radius 3 is 2.95 bits per heavy atom. The fourth-order valence-electron chi connectivity index (χ4n) is 1.99. The van der Waals surface area contributed by atoms with Crippen LogP contribution >= 0.6 is 0 Å². The highest BCUT2D eigenvalue weighted by molar-refractivity contribution is 7.89. The van der Waals surface area contributed by atoms with E-state index in [1.165, 1.54) is 19.4 Å². The van der Waals surface area contributed by atoms with Gasteiger partial charge in [0.2, 0.25) is 5.03 Å². The van der Waals surface area contributed by atoms with Gasteiger partial charge >= 0.3 is 5.97 Å². The molecule has 0 bridgehead atoms. The lowest BCUT2D eigenvalue weighted by molar-refractivity contribution is -0.144. The maximum absolute atomic E-state index is 13.5. The van der Waals surface area contributed by atoms with Gasteiger partial charge in [0.15, 0.2) is 5.82 Å². The van der Waals surface area contributed by atoms with Crippen molar-refractivity contribution in [3.63, 3.8) is 0 Å². The molecule has 1 unspecified atom stereocenters. The fourth-order valence-corrected chi connectivity index (χ4v) is 3.46.